The minimum Gasteiger partial charge on any atom is -0.311 e. The normalized spacial score (nSPS) is 13.3. The predicted octanol–water partition coefficient (Wildman–Crippen LogP) is 10.4. The summed E-state index contributed by atoms with van der Waals surface area (Å²) in [4.78, 5) is 6.72. The first-order valence-electron chi connectivity index (χ1n) is 15.3. The van der Waals surface area contributed by atoms with E-state index in [-0.39, 0.29) is 5.41 Å². The van der Waals surface area contributed by atoms with Crippen molar-refractivity contribution in [2.24, 2.45) is 18.4 Å². The Kier molecular flexibility index (Phi) is 6.94. The van der Waals surface area contributed by atoms with Gasteiger partial charge in [-0.15, -0.1) is 0 Å². The highest BCUT2D eigenvalue weighted by molar-refractivity contribution is 8.00. The van der Waals surface area contributed by atoms with Crippen molar-refractivity contribution >= 4 is 44.1 Å². The van der Waals surface area contributed by atoms with Gasteiger partial charge in [-0.05, 0) is 81.0 Å². The molecule has 0 radical (unpaired) electrons. The molecule has 0 spiro atoms. The van der Waals surface area contributed by atoms with Crippen LogP contribution in [0.1, 0.15) is 70.7 Å². The second-order valence-electron chi connectivity index (χ2n) is 14.7. The van der Waals surface area contributed by atoms with Crippen molar-refractivity contribution in [2.45, 2.75) is 90.0 Å². The van der Waals surface area contributed by atoms with E-state index in [9.17, 15) is 0 Å². The zero-order chi connectivity index (χ0) is 30.1. The van der Waals surface area contributed by atoms with Gasteiger partial charge in [0.1, 0.15) is 7.05 Å². The van der Waals surface area contributed by atoms with Gasteiger partial charge in [-0.3, -0.25) is 0 Å². The minimum absolute atomic E-state index is 0.240. The number of nitrogens with zero attached hydrogens (tertiary/aromatic N) is 2. The molecule has 4 aromatic carbocycles. The third-order valence-electron chi connectivity index (χ3n) is 8.72. The number of pyridine rings is 1. The Morgan fingerprint density at radius 3 is 2.36 bits per heavy atom. The maximum absolute atomic E-state index is 7.78. The van der Waals surface area contributed by atoms with Gasteiger partial charge in [-0.1, -0.05) is 82.8 Å². The van der Waals surface area contributed by atoms with Gasteiger partial charge in [0.15, 0.2) is 6.20 Å². The zero-order valence-corrected chi connectivity index (χ0v) is 27.5. The molecule has 0 aliphatic carbocycles. The molecular formula is C39H43N2S+. The van der Waals surface area contributed by atoms with Crippen LogP contribution < -0.4 is 4.57 Å². The van der Waals surface area contributed by atoms with Gasteiger partial charge in [0.25, 0.3) is 0 Å². The number of rotatable bonds is 5. The monoisotopic (exact) mass is 571 g/mol. The van der Waals surface area contributed by atoms with Crippen molar-refractivity contribution in [3.05, 3.63) is 88.4 Å². The van der Waals surface area contributed by atoms with Crippen LogP contribution in [0, 0.1) is 24.8 Å². The average molecular weight is 572 g/mol. The quantitative estimate of drug-likeness (QED) is 0.114. The summed E-state index contributed by atoms with van der Waals surface area (Å²) in [6.45, 7) is 25.9. The van der Waals surface area contributed by atoms with E-state index >= 15 is 0 Å². The third-order valence-corrected chi connectivity index (χ3v) is 9.92. The molecule has 0 atom stereocenters. The first-order valence-corrected chi connectivity index (χ1v) is 16.1. The summed E-state index contributed by atoms with van der Waals surface area (Å²) in [5.41, 5.74) is 8.07. The molecule has 2 nitrogen and oxygen atoms in total. The van der Waals surface area contributed by atoms with Crippen LogP contribution in [0.15, 0.2) is 64.5 Å². The van der Waals surface area contributed by atoms with Crippen molar-refractivity contribution in [3.8, 4) is 11.3 Å². The Balaban J connectivity index is 1.72. The molecule has 0 fully saturated rings. The first-order chi connectivity index (χ1) is 19.8. The van der Waals surface area contributed by atoms with Crippen LogP contribution in [-0.2, 0) is 26.3 Å². The summed E-state index contributed by atoms with van der Waals surface area (Å²) < 4.78 is 2.35. The lowest BCUT2D eigenvalue weighted by Gasteiger charge is -2.27. The Bertz CT molecular complexity index is 1950. The fraction of sp³-hybridized carbons (Fsp3) is 0.385. The highest BCUT2D eigenvalue weighted by Gasteiger charge is 2.33. The number of fused-ring (bicyclic) bond motifs is 5. The molecule has 1 aliphatic rings. The summed E-state index contributed by atoms with van der Waals surface area (Å²) in [6, 6.07) is 18.6. The standard InChI is InChI=1S/C39H43N2S/c1-23(2)18-31-28-15-14-25(21-38(4,5)6)19-30(28)24(3)33-36-35-29(16-17-41(36)10)34-26(20-32(35)42-37(31)33)12-11-13-27(34)22-39(7,8)40-9/h11-17,19-20,23H,18,21-22H2,1-8,10H3/q+1. The van der Waals surface area contributed by atoms with Gasteiger partial charge in [-0.2, -0.15) is 0 Å². The molecule has 214 valence electrons. The summed E-state index contributed by atoms with van der Waals surface area (Å²) in [5, 5.41) is 8.02. The number of benzene rings is 4. The minimum atomic E-state index is -0.439. The largest absolute Gasteiger partial charge is 0.311 e. The molecule has 5 aromatic rings. The van der Waals surface area contributed by atoms with Crippen LogP contribution >= 0.6 is 11.8 Å². The van der Waals surface area contributed by atoms with Crippen LogP contribution in [0.25, 0.3) is 48.4 Å². The average Bonchev–Trinajstić information content (AvgIpc) is 2.91. The van der Waals surface area contributed by atoms with E-state index in [4.69, 9.17) is 6.57 Å². The van der Waals surface area contributed by atoms with Gasteiger partial charge in [-0.25, -0.2) is 11.1 Å². The fourth-order valence-corrected chi connectivity index (χ4v) is 8.39. The summed E-state index contributed by atoms with van der Waals surface area (Å²) in [6.07, 6.45) is 5.11. The van der Waals surface area contributed by atoms with E-state index in [1.54, 1.807) is 0 Å². The van der Waals surface area contributed by atoms with Gasteiger partial charge >= 0.3 is 0 Å². The maximum atomic E-state index is 7.78. The zero-order valence-electron chi connectivity index (χ0n) is 26.7. The lowest BCUT2D eigenvalue weighted by molar-refractivity contribution is -0.659. The molecule has 42 heavy (non-hydrogen) atoms. The van der Waals surface area contributed by atoms with Gasteiger partial charge < -0.3 is 4.85 Å². The Morgan fingerprint density at radius 2 is 1.67 bits per heavy atom. The summed E-state index contributed by atoms with van der Waals surface area (Å²) in [5.74, 6) is 0.561. The van der Waals surface area contributed by atoms with E-state index in [0.717, 1.165) is 19.3 Å². The lowest BCUT2D eigenvalue weighted by Crippen LogP contribution is -2.32. The first kappa shape index (κ1) is 28.8. The van der Waals surface area contributed by atoms with Gasteiger partial charge in [0, 0.05) is 35.1 Å². The molecule has 1 aliphatic heterocycles. The van der Waals surface area contributed by atoms with E-state index in [0.29, 0.717) is 5.92 Å². The van der Waals surface area contributed by atoms with Crippen molar-refractivity contribution in [2.75, 3.05) is 0 Å². The van der Waals surface area contributed by atoms with Crippen LogP contribution in [0.5, 0.6) is 0 Å². The molecule has 0 unspecified atom stereocenters. The van der Waals surface area contributed by atoms with Gasteiger partial charge in [0.2, 0.25) is 11.2 Å². The number of hydrogen-bond acceptors (Lipinski definition) is 1. The molecule has 2 heterocycles. The molecule has 1 aromatic heterocycles. The second kappa shape index (κ2) is 10.1. The van der Waals surface area contributed by atoms with Gasteiger partial charge in [0.05, 0.1) is 17.4 Å². The summed E-state index contributed by atoms with van der Waals surface area (Å²) in [7, 11) is 2.21. The van der Waals surface area contributed by atoms with E-state index < -0.39 is 5.54 Å². The number of aromatic nitrogens is 1. The molecule has 0 bridgehead atoms. The molecule has 0 amide bonds. The highest BCUT2D eigenvalue weighted by atomic mass is 32.2. The summed E-state index contributed by atoms with van der Waals surface area (Å²) >= 11 is 1.97. The van der Waals surface area contributed by atoms with E-state index in [1.165, 1.54) is 75.6 Å². The molecule has 0 saturated heterocycles. The number of aryl methyl sites for hydroxylation is 2. The smallest absolute Gasteiger partial charge is 0.231 e. The number of hydrogen-bond donors (Lipinski definition) is 0. The fourth-order valence-electron chi connectivity index (χ4n) is 7.01. The van der Waals surface area contributed by atoms with Crippen molar-refractivity contribution < 1.29 is 4.57 Å². The molecule has 0 saturated carbocycles. The Labute approximate surface area is 256 Å². The van der Waals surface area contributed by atoms with Crippen molar-refractivity contribution in [3.63, 3.8) is 0 Å². The van der Waals surface area contributed by atoms with E-state index in [1.807, 2.05) is 11.8 Å². The van der Waals surface area contributed by atoms with Crippen LogP contribution in [0.3, 0.4) is 0 Å². The second-order valence-corrected chi connectivity index (χ2v) is 15.7. The maximum Gasteiger partial charge on any atom is 0.231 e. The molecule has 0 N–H and O–H groups in total. The topological polar surface area (TPSA) is 8.24 Å². The molecular weight excluding hydrogens is 529 g/mol. The predicted molar refractivity (Wildman–Crippen MR) is 181 cm³/mol. The SMILES string of the molecule is [C-]#[N+]C(C)(C)Cc1cccc2cc3c4c([n+](C)ccc4c12)-c1c(c(CC(C)C)c2ccc(CC(C)(C)C)cc2c1C)S3. The van der Waals surface area contributed by atoms with E-state index in [2.05, 4.69) is 127 Å². The van der Waals surface area contributed by atoms with Crippen molar-refractivity contribution in [1.29, 1.82) is 0 Å². The van der Waals surface area contributed by atoms with Crippen LogP contribution in [0.4, 0.5) is 0 Å². The molecule has 6 rings (SSSR count). The Morgan fingerprint density at radius 1 is 0.905 bits per heavy atom. The highest BCUT2D eigenvalue weighted by Crippen LogP contribution is 2.53. The molecule has 3 heteroatoms. The Hall–Kier alpha value is -3.35. The van der Waals surface area contributed by atoms with Crippen LogP contribution in [0.2, 0.25) is 0 Å². The van der Waals surface area contributed by atoms with Crippen LogP contribution in [-0.4, -0.2) is 5.54 Å². The third kappa shape index (κ3) is 4.88. The van der Waals surface area contributed by atoms with Crippen molar-refractivity contribution in [1.82, 2.24) is 0 Å². The lowest BCUT2D eigenvalue weighted by atomic mass is 9.84.